The van der Waals surface area contributed by atoms with Gasteiger partial charge in [-0.05, 0) is 26.0 Å². The summed E-state index contributed by atoms with van der Waals surface area (Å²) in [6.07, 6.45) is -1.47. The van der Waals surface area contributed by atoms with E-state index in [2.05, 4.69) is 5.32 Å². The van der Waals surface area contributed by atoms with Crippen LogP contribution in [0.5, 0.6) is 5.75 Å². The zero-order chi connectivity index (χ0) is 18.7. The van der Waals surface area contributed by atoms with Gasteiger partial charge in [0.25, 0.3) is 5.91 Å². The Morgan fingerprint density at radius 1 is 1.04 bits per heavy atom. The lowest BCUT2D eigenvalue weighted by Crippen LogP contribution is -2.31. The smallest absolute Gasteiger partial charge is 0.265 e. The van der Waals surface area contributed by atoms with Crippen molar-refractivity contribution in [2.45, 2.75) is 20.0 Å². The molecule has 2 rings (SSSR count). The Morgan fingerprint density at radius 2 is 1.64 bits per heavy atom. The van der Waals surface area contributed by atoms with E-state index in [-0.39, 0.29) is 17.5 Å². The van der Waals surface area contributed by atoms with Crippen LogP contribution in [0.25, 0.3) is 0 Å². The zero-order valence-corrected chi connectivity index (χ0v) is 13.2. The molecule has 2 aromatic rings. The standard InChI is InChI=1S/C17H13F4NO3/c1-8(23)10-4-3-5-11(6-10)22-17(24)9(2)25-16-14(20)12(18)7-13(19)15(16)21/h3-7,9H,1-2H3,(H,22,24)/t9-/m0/s1. The number of benzene rings is 2. The highest BCUT2D eigenvalue weighted by Crippen LogP contribution is 2.27. The van der Waals surface area contributed by atoms with E-state index in [0.717, 1.165) is 6.92 Å². The Labute approximate surface area is 140 Å². The van der Waals surface area contributed by atoms with Crippen molar-refractivity contribution in [2.75, 3.05) is 5.32 Å². The Hall–Kier alpha value is -2.90. The first-order valence-corrected chi connectivity index (χ1v) is 7.12. The van der Waals surface area contributed by atoms with E-state index >= 15 is 0 Å². The average Bonchev–Trinajstić information content (AvgIpc) is 2.56. The average molecular weight is 355 g/mol. The molecule has 2 aromatic carbocycles. The third-order valence-electron chi connectivity index (χ3n) is 3.27. The van der Waals surface area contributed by atoms with E-state index in [0.29, 0.717) is 5.56 Å². The van der Waals surface area contributed by atoms with Crippen LogP contribution >= 0.6 is 0 Å². The number of halogens is 4. The van der Waals surface area contributed by atoms with Crippen molar-refractivity contribution in [3.8, 4) is 5.75 Å². The molecule has 0 saturated carbocycles. The molecule has 0 aliphatic heterocycles. The molecule has 0 heterocycles. The molecule has 1 amide bonds. The fourth-order valence-corrected chi connectivity index (χ4v) is 1.94. The first-order chi connectivity index (χ1) is 11.7. The first kappa shape index (κ1) is 18.4. The molecule has 0 radical (unpaired) electrons. The minimum Gasteiger partial charge on any atom is -0.475 e. The van der Waals surface area contributed by atoms with Crippen LogP contribution in [0.3, 0.4) is 0 Å². The number of rotatable bonds is 5. The molecule has 4 nitrogen and oxygen atoms in total. The topological polar surface area (TPSA) is 55.4 Å². The third-order valence-corrected chi connectivity index (χ3v) is 3.27. The SMILES string of the molecule is CC(=O)c1cccc(NC(=O)[C@H](C)Oc2c(F)c(F)cc(F)c2F)c1. The lowest BCUT2D eigenvalue weighted by atomic mass is 10.1. The van der Waals surface area contributed by atoms with E-state index in [1.165, 1.54) is 31.2 Å². The Bertz CT molecular complexity index is 813. The van der Waals surface area contributed by atoms with Gasteiger partial charge in [-0.2, -0.15) is 8.78 Å². The molecular formula is C17H13F4NO3. The van der Waals surface area contributed by atoms with Gasteiger partial charge >= 0.3 is 0 Å². The number of ketones is 1. The minimum absolute atomic E-state index is 0.0372. The monoisotopic (exact) mass is 355 g/mol. The van der Waals surface area contributed by atoms with Crippen LogP contribution in [0.4, 0.5) is 23.2 Å². The largest absolute Gasteiger partial charge is 0.475 e. The molecule has 132 valence electrons. The molecule has 25 heavy (non-hydrogen) atoms. The second-order valence-corrected chi connectivity index (χ2v) is 5.18. The van der Waals surface area contributed by atoms with Gasteiger partial charge in [0, 0.05) is 17.3 Å². The molecule has 1 N–H and O–H groups in total. The summed E-state index contributed by atoms with van der Waals surface area (Å²) in [7, 11) is 0. The number of Topliss-reactive ketones (excluding diaryl/α,β-unsaturated/α-hetero) is 1. The molecule has 0 unspecified atom stereocenters. The van der Waals surface area contributed by atoms with Crippen molar-refractivity contribution in [3.05, 3.63) is 59.2 Å². The highest BCUT2D eigenvalue weighted by Gasteiger charge is 2.25. The van der Waals surface area contributed by atoms with Gasteiger partial charge in [-0.3, -0.25) is 9.59 Å². The van der Waals surface area contributed by atoms with Crippen LogP contribution in [0, 0.1) is 23.3 Å². The van der Waals surface area contributed by atoms with E-state index in [4.69, 9.17) is 4.74 Å². The number of nitrogens with one attached hydrogen (secondary N) is 1. The molecule has 0 aliphatic rings. The summed E-state index contributed by atoms with van der Waals surface area (Å²) in [4.78, 5) is 23.3. The van der Waals surface area contributed by atoms with Crippen LogP contribution in [0.1, 0.15) is 24.2 Å². The van der Waals surface area contributed by atoms with E-state index in [1.54, 1.807) is 0 Å². The van der Waals surface area contributed by atoms with Crippen molar-refractivity contribution < 1.29 is 31.9 Å². The highest BCUT2D eigenvalue weighted by atomic mass is 19.2. The highest BCUT2D eigenvalue weighted by molar-refractivity contribution is 5.98. The number of carbonyl (C=O) groups is 2. The molecule has 1 atom stereocenters. The number of hydrogen-bond donors (Lipinski definition) is 1. The lowest BCUT2D eigenvalue weighted by molar-refractivity contribution is -0.122. The Kier molecular flexibility index (Phi) is 5.41. The number of ether oxygens (including phenoxy) is 1. The van der Waals surface area contributed by atoms with Crippen molar-refractivity contribution in [3.63, 3.8) is 0 Å². The first-order valence-electron chi connectivity index (χ1n) is 7.12. The predicted octanol–water partition coefficient (Wildman–Crippen LogP) is 3.85. The van der Waals surface area contributed by atoms with Crippen LogP contribution in [-0.4, -0.2) is 17.8 Å². The number of anilines is 1. The van der Waals surface area contributed by atoms with E-state index in [9.17, 15) is 27.2 Å². The summed E-state index contributed by atoms with van der Waals surface area (Å²) in [6, 6.07) is 5.99. The lowest BCUT2D eigenvalue weighted by Gasteiger charge is -2.16. The van der Waals surface area contributed by atoms with E-state index < -0.39 is 41.0 Å². The van der Waals surface area contributed by atoms with Crippen LogP contribution in [-0.2, 0) is 4.79 Å². The van der Waals surface area contributed by atoms with Gasteiger partial charge in [-0.15, -0.1) is 0 Å². The maximum absolute atomic E-state index is 13.6. The summed E-state index contributed by atoms with van der Waals surface area (Å²) in [5.41, 5.74) is 0.593. The molecule has 0 saturated heterocycles. The second-order valence-electron chi connectivity index (χ2n) is 5.18. The summed E-state index contributed by atoms with van der Waals surface area (Å²) >= 11 is 0. The Balaban J connectivity index is 2.17. The quantitative estimate of drug-likeness (QED) is 0.504. The van der Waals surface area contributed by atoms with Gasteiger partial charge in [0.05, 0.1) is 0 Å². The molecule has 0 aliphatic carbocycles. The molecule has 0 fully saturated rings. The van der Waals surface area contributed by atoms with Gasteiger partial charge in [0.15, 0.2) is 29.3 Å². The maximum atomic E-state index is 13.6. The van der Waals surface area contributed by atoms with Gasteiger partial charge < -0.3 is 10.1 Å². The normalized spacial score (nSPS) is 11.8. The second kappa shape index (κ2) is 7.33. The minimum atomic E-state index is -1.74. The molecule has 0 bridgehead atoms. The fourth-order valence-electron chi connectivity index (χ4n) is 1.94. The van der Waals surface area contributed by atoms with Crippen LogP contribution in [0.2, 0.25) is 0 Å². The summed E-state index contributed by atoms with van der Waals surface area (Å²) in [5, 5.41) is 2.38. The van der Waals surface area contributed by atoms with Gasteiger partial charge in [-0.25, -0.2) is 8.78 Å². The van der Waals surface area contributed by atoms with Crippen molar-refractivity contribution in [2.24, 2.45) is 0 Å². The van der Waals surface area contributed by atoms with E-state index in [1.807, 2.05) is 0 Å². The molecule has 0 spiro atoms. The third kappa shape index (κ3) is 4.14. The Morgan fingerprint density at radius 3 is 2.20 bits per heavy atom. The maximum Gasteiger partial charge on any atom is 0.265 e. The van der Waals surface area contributed by atoms with Crippen molar-refractivity contribution in [1.29, 1.82) is 0 Å². The number of amides is 1. The summed E-state index contributed by atoms with van der Waals surface area (Å²) < 4.78 is 58.1. The van der Waals surface area contributed by atoms with Crippen LogP contribution < -0.4 is 10.1 Å². The summed E-state index contributed by atoms with van der Waals surface area (Å²) in [5.74, 6) is -9.14. The number of hydrogen-bond acceptors (Lipinski definition) is 3. The molecule has 8 heteroatoms. The molecule has 0 aromatic heterocycles. The summed E-state index contributed by atoms with van der Waals surface area (Å²) in [6.45, 7) is 2.49. The van der Waals surface area contributed by atoms with Crippen molar-refractivity contribution in [1.82, 2.24) is 0 Å². The van der Waals surface area contributed by atoms with Crippen LogP contribution in [0.15, 0.2) is 30.3 Å². The van der Waals surface area contributed by atoms with Gasteiger partial charge in [-0.1, -0.05) is 12.1 Å². The number of carbonyl (C=O) groups excluding carboxylic acids is 2. The molecular weight excluding hydrogens is 342 g/mol. The van der Waals surface area contributed by atoms with Crippen molar-refractivity contribution >= 4 is 17.4 Å². The zero-order valence-electron chi connectivity index (χ0n) is 13.2. The fraction of sp³-hybridized carbons (Fsp3) is 0.176. The van der Waals surface area contributed by atoms with Gasteiger partial charge in [0.1, 0.15) is 0 Å². The predicted molar refractivity (Wildman–Crippen MR) is 81.4 cm³/mol. The van der Waals surface area contributed by atoms with Gasteiger partial charge in [0.2, 0.25) is 11.6 Å².